The van der Waals surface area contributed by atoms with E-state index in [0.717, 1.165) is 29.8 Å². The highest BCUT2D eigenvalue weighted by atomic mass is 16.5. The third-order valence-corrected chi connectivity index (χ3v) is 7.52. The van der Waals surface area contributed by atoms with Gasteiger partial charge in [-0.05, 0) is 43.4 Å². The number of nitrogens with zero attached hydrogens (tertiary/aromatic N) is 3. The average Bonchev–Trinajstić information content (AvgIpc) is 3.32. The molecule has 34 heavy (non-hydrogen) atoms. The number of ether oxygens (including phenoxy) is 2. The van der Waals surface area contributed by atoms with Crippen molar-refractivity contribution in [3.63, 3.8) is 0 Å². The standard InChI is InChI=1S/C26H34N4O4/c1-33-21-9-7-18(8-10-21)23-15-30-17-27-24(22(30)16-34-23)26(32)29-13-11-19(12-14-29)25(31)28-20-5-3-2-4-6-20/h7-10,17,19-20,23H,2-6,11-16H2,1H3,(H,28,31)/t23-/m1/s1. The minimum absolute atomic E-state index is 0.00419. The second-order valence-electron chi connectivity index (χ2n) is 9.68. The van der Waals surface area contributed by atoms with Crippen molar-refractivity contribution in [1.29, 1.82) is 0 Å². The van der Waals surface area contributed by atoms with Crippen LogP contribution >= 0.6 is 0 Å². The van der Waals surface area contributed by atoms with E-state index in [1.165, 1.54) is 19.3 Å². The van der Waals surface area contributed by atoms with E-state index < -0.39 is 0 Å². The SMILES string of the molecule is COc1ccc([C@H]2Cn3cnc(C(=O)N4CCC(C(=O)NC5CCCCC5)CC4)c3CO2)cc1. The van der Waals surface area contributed by atoms with E-state index >= 15 is 0 Å². The number of carbonyl (C=O) groups excluding carboxylic acids is 2. The molecule has 1 saturated heterocycles. The molecule has 2 amide bonds. The number of rotatable bonds is 5. The fourth-order valence-corrected chi connectivity index (χ4v) is 5.39. The summed E-state index contributed by atoms with van der Waals surface area (Å²) in [6, 6.07) is 8.20. The van der Waals surface area contributed by atoms with E-state index in [1.54, 1.807) is 13.4 Å². The maximum atomic E-state index is 13.2. The lowest BCUT2D eigenvalue weighted by molar-refractivity contribution is -0.127. The average molecular weight is 467 g/mol. The molecule has 1 atom stereocenters. The van der Waals surface area contributed by atoms with Crippen LogP contribution in [0, 0.1) is 5.92 Å². The summed E-state index contributed by atoms with van der Waals surface area (Å²) >= 11 is 0. The molecule has 8 nitrogen and oxygen atoms in total. The zero-order valence-corrected chi connectivity index (χ0v) is 19.9. The van der Waals surface area contributed by atoms with Crippen LogP contribution in [0.5, 0.6) is 5.75 Å². The number of amides is 2. The van der Waals surface area contributed by atoms with E-state index in [9.17, 15) is 9.59 Å². The first-order chi connectivity index (χ1) is 16.6. The van der Waals surface area contributed by atoms with Crippen molar-refractivity contribution in [1.82, 2.24) is 19.8 Å². The van der Waals surface area contributed by atoms with Gasteiger partial charge in [0, 0.05) is 25.0 Å². The van der Waals surface area contributed by atoms with Gasteiger partial charge in [0.15, 0.2) is 5.69 Å². The lowest BCUT2D eigenvalue weighted by Crippen LogP contribution is -2.46. The Bertz CT molecular complexity index is 1000. The Morgan fingerprint density at radius 3 is 2.50 bits per heavy atom. The quantitative estimate of drug-likeness (QED) is 0.729. The Balaban J connectivity index is 1.16. The van der Waals surface area contributed by atoms with Crippen molar-refractivity contribution in [3.05, 3.63) is 47.5 Å². The van der Waals surface area contributed by atoms with Crippen LogP contribution in [0.2, 0.25) is 0 Å². The van der Waals surface area contributed by atoms with Gasteiger partial charge < -0.3 is 24.3 Å². The van der Waals surface area contributed by atoms with Gasteiger partial charge in [0.1, 0.15) is 11.9 Å². The summed E-state index contributed by atoms with van der Waals surface area (Å²) in [6.07, 6.45) is 8.94. The zero-order chi connectivity index (χ0) is 23.5. The molecule has 1 aliphatic carbocycles. The molecule has 8 heteroatoms. The number of hydrogen-bond donors (Lipinski definition) is 1. The molecule has 1 saturated carbocycles. The minimum atomic E-state index is -0.0889. The number of benzene rings is 1. The molecule has 0 spiro atoms. The molecule has 2 aromatic rings. The highest BCUT2D eigenvalue weighted by Crippen LogP contribution is 2.30. The van der Waals surface area contributed by atoms with E-state index in [0.29, 0.717) is 50.8 Å². The third kappa shape index (κ3) is 4.82. The van der Waals surface area contributed by atoms with Crippen molar-refractivity contribution < 1.29 is 19.1 Å². The van der Waals surface area contributed by atoms with Gasteiger partial charge in [-0.1, -0.05) is 31.4 Å². The summed E-state index contributed by atoms with van der Waals surface area (Å²) in [7, 11) is 1.65. The van der Waals surface area contributed by atoms with Gasteiger partial charge in [-0.25, -0.2) is 4.98 Å². The second kappa shape index (κ2) is 10.2. The molecular formula is C26H34N4O4. The number of hydrogen-bond acceptors (Lipinski definition) is 5. The number of likely N-dealkylation sites (tertiary alicyclic amines) is 1. The van der Waals surface area contributed by atoms with Gasteiger partial charge >= 0.3 is 0 Å². The summed E-state index contributed by atoms with van der Waals surface area (Å²) in [5.41, 5.74) is 2.37. The largest absolute Gasteiger partial charge is 0.497 e. The molecule has 5 rings (SSSR count). The van der Waals surface area contributed by atoms with Crippen molar-refractivity contribution in [2.24, 2.45) is 5.92 Å². The van der Waals surface area contributed by atoms with Crippen LogP contribution < -0.4 is 10.1 Å². The Hall–Kier alpha value is -2.87. The van der Waals surface area contributed by atoms with Gasteiger partial charge in [0.05, 0.1) is 32.3 Å². The second-order valence-corrected chi connectivity index (χ2v) is 9.68. The smallest absolute Gasteiger partial charge is 0.274 e. The summed E-state index contributed by atoms with van der Waals surface area (Å²) < 4.78 is 13.4. The topological polar surface area (TPSA) is 85.7 Å². The van der Waals surface area contributed by atoms with Crippen molar-refractivity contribution in [2.75, 3.05) is 20.2 Å². The predicted octanol–water partition coefficient (Wildman–Crippen LogP) is 3.46. The fraction of sp³-hybridized carbons (Fsp3) is 0.577. The molecular weight excluding hydrogens is 432 g/mol. The van der Waals surface area contributed by atoms with Gasteiger partial charge in [-0.15, -0.1) is 0 Å². The van der Waals surface area contributed by atoms with Crippen LogP contribution in [-0.4, -0.2) is 52.5 Å². The molecule has 182 valence electrons. The Morgan fingerprint density at radius 1 is 1.06 bits per heavy atom. The van der Waals surface area contributed by atoms with Crippen LogP contribution in [0.1, 0.15) is 72.8 Å². The number of piperidine rings is 1. The fourth-order valence-electron chi connectivity index (χ4n) is 5.39. The first kappa shape index (κ1) is 22.9. The molecule has 2 fully saturated rings. The van der Waals surface area contributed by atoms with E-state index in [-0.39, 0.29) is 23.8 Å². The highest BCUT2D eigenvalue weighted by Gasteiger charge is 2.32. The first-order valence-electron chi connectivity index (χ1n) is 12.5. The van der Waals surface area contributed by atoms with Crippen molar-refractivity contribution in [3.8, 4) is 5.75 Å². The monoisotopic (exact) mass is 466 g/mol. The predicted molar refractivity (Wildman–Crippen MR) is 126 cm³/mol. The lowest BCUT2D eigenvalue weighted by atomic mass is 9.92. The van der Waals surface area contributed by atoms with Gasteiger partial charge in [0.2, 0.25) is 5.91 Å². The molecule has 2 aliphatic heterocycles. The summed E-state index contributed by atoms with van der Waals surface area (Å²) in [6.45, 7) is 2.13. The van der Waals surface area contributed by atoms with Crippen LogP contribution in [0.3, 0.4) is 0 Å². The van der Waals surface area contributed by atoms with Crippen LogP contribution in [0.4, 0.5) is 0 Å². The number of carbonyl (C=O) groups is 2. The molecule has 1 aromatic carbocycles. The Labute approximate surface area is 200 Å². The van der Waals surface area contributed by atoms with Crippen LogP contribution in [-0.2, 0) is 22.7 Å². The van der Waals surface area contributed by atoms with Gasteiger partial charge in [-0.3, -0.25) is 9.59 Å². The number of methoxy groups -OCH3 is 1. The maximum absolute atomic E-state index is 13.2. The van der Waals surface area contributed by atoms with Gasteiger partial charge in [-0.2, -0.15) is 0 Å². The number of imidazole rings is 1. The third-order valence-electron chi connectivity index (χ3n) is 7.52. The van der Waals surface area contributed by atoms with Gasteiger partial charge in [0.25, 0.3) is 5.91 Å². The lowest BCUT2D eigenvalue weighted by Gasteiger charge is -2.33. The number of fused-ring (bicyclic) bond motifs is 1. The Morgan fingerprint density at radius 2 is 1.79 bits per heavy atom. The Kier molecular flexibility index (Phi) is 6.85. The molecule has 0 unspecified atom stereocenters. The van der Waals surface area contributed by atoms with Crippen LogP contribution in [0.15, 0.2) is 30.6 Å². The number of aromatic nitrogens is 2. The summed E-state index contributed by atoms with van der Waals surface area (Å²) in [4.78, 5) is 32.2. The van der Waals surface area contributed by atoms with E-state index in [4.69, 9.17) is 9.47 Å². The molecule has 3 heterocycles. The van der Waals surface area contributed by atoms with E-state index in [2.05, 4.69) is 10.3 Å². The molecule has 3 aliphatic rings. The molecule has 1 N–H and O–H groups in total. The summed E-state index contributed by atoms with van der Waals surface area (Å²) in [5, 5.41) is 3.24. The highest BCUT2D eigenvalue weighted by molar-refractivity contribution is 5.93. The summed E-state index contributed by atoms with van der Waals surface area (Å²) in [5.74, 6) is 0.907. The molecule has 0 bridgehead atoms. The van der Waals surface area contributed by atoms with Crippen LogP contribution in [0.25, 0.3) is 0 Å². The first-order valence-corrected chi connectivity index (χ1v) is 12.5. The maximum Gasteiger partial charge on any atom is 0.274 e. The number of nitrogens with one attached hydrogen (secondary N) is 1. The van der Waals surface area contributed by atoms with Crippen molar-refractivity contribution >= 4 is 11.8 Å². The van der Waals surface area contributed by atoms with E-state index in [1.807, 2.05) is 33.7 Å². The normalized spacial score (nSPS) is 21.7. The zero-order valence-electron chi connectivity index (χ0n) is 19.9. The molecule has 1 aromatic heterocycles. The minimum Gasteiger partial charge on any atom is -0.497 e. The van der Waals surface area contributed by atoms with Crippen molar-refractivity contribution in [2.45, 2.75) is 70.2 Å². The molecule has 0 radical (unpaired) electrons.